The van der Waals surface area contributed by atoms with Gasteiger partial charge in [0.25, 0.3) is 0 Å². The fourth-order valence-electron chi connectivity index (χ4n) is 2.51. The highest BCUT2D eigenvalue weighted by Crippen LogP contribution is 2.47. The third-order valence-corrected chi connectivity index (χ3v) is 4.74. The average Bonchev–Trinajstić information content (AvgIpc) is 1.95. The minimum Gasteiger partial charge on any atom is -0.321 e. The molecular formula is C13H31N2P. The van der Waals surface area contributed by atoms with Crippen LogP contribution in [0.5, 0.6) is 0 Å². The van der Waals surface area contributed by atoms with E-state index >= 15 is 0 Å². The van der Waals surface area contributed by atoms with Crippen LogP contribution in [0.3, 0.4) is 0 Å². The number of nitrogens with two attached hydrogens (primary N) is 1. The molecule has 0 fully saturated rings. The van der Waals surface area contributed by atoms with Crippen LogP contribution in [0.1, 0.15) is 54.9 Å². The van der Waals surface area contributed by atoms with E-state index in [1.54, 1.807) is 0 Å². The van der Waals surface area contributed by atoms with Gasteiger partial charge in [-0.2, -0.15) is 0 Å². The molecule has 0 bridgehead atoms. The van der Waals surface area contributed by atoms with Gasteiger partial charge in [-0.3, -0.25) is 0 Å². The van der Waals surface area contributed by atoms with E-state index in [0.717, 1.165) is 8.58 Å². The van der Waals surface area contributed by atoms with Crippen LogP contribution in [0.15, 0.2) is 0 Å². The van der Waals surface area contributed by atoms with Gasteiger partial charge in [0.05, 0.1) is 0 Å². The third-order valence-electron chi connectivity index (χ3n) is 2.91. The van der Waals surface area contributed by atoms with E-state index in [-0.39, 0.29) is 5.28 Å². The number of likely N-dealkylation sites (N-methyl/N-ethyl adjacent to an activating group) is 1. The molecule has 3 unspecified atom stereocenters. The van der Waals surface area contributed by atoms with Crippen LogP contribution in [0.4, 0.5) is 0 Å². The van der Waals surface area contributed by atoms with Crippen molar-refractivity contribution in [1.29, 1.82) is 0 Å². The Morgan fingerprint density at radius 3 is 1.88 bits per heavy atom. The SMILES string of the molecule is CNC(C)C(C)(N)PC(C)(C)CC(C)(C)C. The predicted octanol–water partition coefficient (Wildman–Crippen LogP) is 3.16. The van der Waals surface area contributed by atoms with Crippen LogP contribution in [-0.2, 0) is 0 Å². The fourth-order valence-corrected chi connectivity index (χ4v) is 4.95. The van der Waals surface area contributed by atoms with Crippen molar-refractivity contribution >= 4 is 8.58 Å². The van der Waals surface area contributed by atoms with Crippen molar-refractivity contribution < 1.29 is 0 Å². The summed E-state index contributed by atoms with van der Waals surface area (Å²) in [5.74, 6) is 0. The Balaban J connectivity index is 4.57. The lowest BCUT2D eigenvalue weighted by molar-refractivity contribution is 0.333. The Labute approximate surface area is 104 Å². The Morgan fingerprint density at radius 2 is 1.56 bits per heavy atom. The van der Waals surface area contributed by atoms with Crippen molar-refractivity contribution in [2.45, 2.75) is 71.4 Å². The molecule has 2 nitrogen and oxygen atoms in total. The van der Waals surface area contributed by atoms with Gasteiger partial charge in [0.2, 0.25) is 0 Å². The molecule has 0 aromatic heterocycles. The summed E-state index contributed by atoms with van der Waals surface area (Å²) >= 11 is 0. The van der Waals surface area contributed by atoms with E-state index in [2.05, 4.69) is 53.8 Å². The second kappa shape index (κ2) is 5.33. The monoisotopic (exact) mass is 246 g/mol. The molecule has 0 aliphatic heterocycles. The lowest BCUT2D eigenvalue weighted by atomic mass is 9.86. The van der Waals surface area contributed by atoms with Crippen LogP contribution in [0.25, 0.3) is 0 Å². The largest absolute Gasteiger partial charge is 0.321 e. The van der Waals surface area contributed by atoms with E-state index in [4.69, 9.17) is 5.73 Å². The van der Waals surface area contributed by atoms with Crippen molar-refractivity contribution in [2.24, 2.45) is 11.1 Å². The minimum absolute atomic E-state index is 0.122. The Morgan fingerprint density at radius 1 is 1.12 bits per heavy atom. The van der Waals surface area contributed by atoms with Gasteiger partial charge < -0.3 is 11.1 Å². The molecule has 98 valence electrons. The van der Waals surface area contributed by atoms with Crippen molar-refractivity contribution in [3.63, 3.8) is 0 Å². The fraction of sp³-hybridized carbons (Fsp3) is 1.00. The second-order valence-electron chi connectivity index (χ2n) is 7.04. The molecule has 3 heteroatoms. The maximum atomic E-state index is 6.43. The van der Waals surface area contributed by atoms with Crippen LogP contribution < -0.4 is 11.1 Å². The first kappa shape index (κ1) is 16.4. The highest BCUT2D eigenvalue weighted by atomic mass is 31.1. The van der Waals surface area contributed by atoms with Gasteiger partial charge in [0.1, 0.15) is 0 Å². The first-order valence-electron chi connectivity index (χ1n) is 6.15. The quantitative estimate of drug-likeness (QED) is 0.731. The van der Waals surface area contributed by atoms with Crippen LogP contribution >= 0.6 is 8.58 Å². The highest BCUT2D eigenvalue weighted by molar-refractivity contribution is 7.41. The molecule has 3 atom stereocenters. The summed E-state index contributed by atoms with van der Waals surface area (Å²) in [7, 11) is 2.74. The van der Waals surface area contributed by atoms with Crippen LogP contribution in [0.2, 0.25) is 0 Å². The summed E-state index contributed by atoms with van der Waals surface area (Å²) in [5.41, 5.74) is 6.80. The van der Waals surface area contributed by atoms with E-state index < -0.39 is 0 Å². The molecule has 0 radical (unpaired) electrons. The minimum atomic E-state index is -0.122. The predicted molar refractivity (Wildman–Crippen MR) is 77.6 cm³/mol. The molecule has 0 amide bonds. The highest BCUT2D eigenvalue weighted by Gasteiger charge is 2.35. The van der Waals surface area contributed by atoms with E-state index in [1.165, 1.54) is 6.42 Å². The topological polar surface area (TPSA) is 38.0 Å². The first-order chi connectivity index (χ1) is 6.90. The summed E-state index contributed by atoms with van der Waals surface area (Å²) in [5, 5.41) is 3.46. The summed E-state index contributed by atoms with van der Waals surface area (Å²) in [4.78, 5) is 0. The maximum Gasteiger partial charge on any atom is 0.0455 e. The lowest BCUT2D eigenvalue weighted by Crippen LogP contribution is -2.51. The molecule has 0 aliphatic carbocycles. The van der Waals surface area contributed by atoms with Crippen molar-refractivity contribution in [3.8, 4) is 0 Å². The van der Waals surface area contributed by atoms with Gasteiger partial charge in [0.15, 0.2) is 0 Å². The third kappa shape index (κ3) is 6.18. The summed E-state index contributed by atoms with van der Waals surface area (Å²) < 4.78 is 0. The van der Waals surface area contributed by atoms with Gasteiger partial charge in [-0.15, -0.1) is 0 Å². The summed E-state index contributed by atoms with van der Waals surface area (Å²) in [6.45, 7) is 15.9. The van der Waals surface area contributed by atoms with E-state index in [1.807, 2.05) is 7.05 Å². The van der Waals surface area contributed by atoms with Crippen molar-refractivity contribution in [2.75, 3.05) is 7.05 Å². The number of hydrogen-bond acceptors (Lipinski definition) is 2. The number of rotatable bonds is 5. The first-order valence-corrected chi connectivity index (χ1v) is 7.15. The molecule has 3 N–H and O–H groups in total. The smallest absolute Gasteiger partial charge is 0.0455 e. The molecule has 0 saturated carbocycles. The Bertz CT molecular complexity index is 216. The molecule has 0 aromatic rings. The second-order valence-corrected chi connectivity index (χ2v) is 9.72. The zero-order chi connectivity index (χ0) is 13.2. The maximum absolute atomic E-state index is 6.43. The van der Waals surface area contributed by atoms with Crippen LogP contribution in [0, 0.1) is 5.41 Å². The van der Waals surface area contributed by atoms with Gasteiger partial charge in [0, 0.05) is 11.3 Å². The zero-order valence-corrected chi connectivity index (χ0v) is 13.4. The summed E-state index contributed by atoms with van der Waals surface area (Å²) in [6, 6.07) is 0.352. The Hall–Kier alpha value is 0.350. The molecule has 0 spiro atoms. The van der Waals surface area contributed by atoms with Crippen molar-refractivity contribution in [3.05, 3.63) is 0 Å². The number of hydrogen-bond donors (Lipinski definition) is 2. The molecular weight excluding hydrogens is 215 g/mol. The number of nitrogens with one attached hydrogen (secondary N) is 1. The normalized spacial score (nSPS) is 20.1. The summed E-state index contributed by atoms with van der Waals surface area (Å²) in [6.07, 6.45) is 1.21. The van der Waals surface area contributed by atoms with Crippen LogP contribution in [-0.4, -0.2) is 23.5 Å². The molecule has 0 aromatic carbocycles. The zero-order valence-electron chi connectivity index (χ0n) is 12.4. The van der Waals surface area contributed by atoms with Crippen molar-refractivity contribution in [1.82, 2.24) is 5.32 Å². The standard InChI is InChI=1S/C13H31N2P/c1-10(15-8)13(7,14)16-12(5,6)9-11(2,3)4/h10,15-16H,9,14H2,1-8H3. The van der Waals surface area contributed by atoms with Gasteiger partial charge in [-0.25, -0.2) is 0 Å². The van der Waals surface area contributed by atoms with E-state index in [0.29, 0.717) is 16.6 Å². The van der Waals surface area contributed by atoms with Gasteiger partial charge in [-0.1, -0.05) is 43.2 Å². The average molecular weight is 246 g/mol. The molecule has 0 rings (SSSR count). The van der Waals surface area contributed by atoms with Gasteiger partial charge >= 0.3 is 0 Å². The van der Waals surface area contributed by atoms with E-state index in [9.17, 15) is 0 Å². The lowest BCUT2D eigenvalue weighted by Gasteiger charge is -2.41. The van der Waals surface area contributed by atoms with Gasteiger partial charge in [-0.05, 0) is 37.9 Å². The molecule has 16 heavy (non-hydrogen) atoms. The Kier molecular flexibility index (Phi) is 5.45. The molecule has 0 heterocycles. The molecule has 0 saturated heterocycles. The molecule has 0 aliphatic rings.